The molecule has 3 unspecified atom stereocenters. The van der Waals surface area contributed by atoms with Crippen LogP contribution in [0.15, 0.2) is 53.6 Å². The van der Waals surface area contributed by atoms with E-state index in [1.165, 1.54) is 34.0 Å². The minimum absolute atomic E-state index is 0.0666. The Balaban J connectivity index is 1.72. The summed E-state index contributed by atoms with van der Waals surface area (Å²) in [5, 5.41) is 24.3. The van der Waals surface area contributed by atoms with Gasteiger partial charge in [0.05, 0.1) is 12.7 Å². The van der Waals surface area contributed by atoms with Crippen molar-refractivity contribution in [2.24, 2.45) is 0 Å². The van der Waals surface area contributed by atoms with Gasteiger partial charge < -0.3 is 15.2 Å². The van der Waals surface area contributed by atoms with Gasteiger partial charge >= 0.3 is 6.18 Å². The third-order valence-corrected chi connectivity index (χ3v) is 8.06. The van der Waals surface area contributed by atoms with Crippen molar-refractivity contribution >= 4 is 17.5 Å². The van der Waals surface area contributed by atoms with Crippen LogP contribution in [0.4, 0.5) is 22.0 Å². The summed E-state index contributed by atoms with van der Waals surface area (Å²) in [5.41, 5.74) is 1.03. The molecule has 0 spiro atoms. The molecule has 5 atom stereocenters. The second-order valence-electron chi connectivity index (χ2n) is 8.92. The number of aliphatic hydroxyl groups is 2. The predicted octanol–water partition coefficient (Wildman–Crippen LogP) is 3.55. The van der Waals surface area contributed by atoms with Gasteiger partial charge in [0.15, 0.2) is 17.4 Å². The Kier molecular flexibility index (Phi) is 6.36. The Morgan fingerprint density at radius 1 is 1.08 bits per heavy atom. The van der Waals surface area contributed by atoms with Gasteiger partial charge in [0.2, 0.25) is 0 Å². The lowest BCUT2D eigenvalue weighted by atomic mass is 9.92. The fourth-order valence-corrected chi connectivity index (χ4v) is 6.09. The first kappa shape index (κ1) is 25.2. The Morgan fingerprint density at radius 3 is 2.53 bits per heavy atom. The summed E-state index contributed by atoms with van der Waals surface area (Å²) in [7, 11) is 0. The van der Waals surface area contributed by atoms with Crippen LogP contribution in [0.2, 0.25) is 0 Å². The summed E-state index contributed by atoms with van der Waals surface area (Å²) in [4.78, 5) is 13.7. The fraction of sp³-hybridized carbons (Fsp3) is 0.375. The molecular formula is C24H22F5N3O3S. The van der Waals surface area contributed by atoms with Crippen LogP contribution in [0.25, 0.3) is 0 Å². The maximum Gasteiger partial charge on any atom is 0.403 e. The summed E-state index contributed by atoms with van der Waals surface area (Å²) in [5.74, 6) is -2.76. The largest absolute Gasteiger partial charge is 0.403 e. The second-order valence-corrected chi connectivity index (χ2v) is 9.94. The van der Waals surface area contributed by atoms with Crippen molar-refractivity contribution in [3.63, 3.8) is 0 Å². The van der Waals surface area contributed by atoms with Gasteiger partial charge in [-0.05, 0) is 30.2 Å². The fourth-order valence-electron chi connectivity index (χ4n) is 4.98. The monoisotopic (exact) mass is 527 g/mol. The van der Waals surface area contributed by atoms with E-state index < -0.39 is 60.7 Å². The molecule has 2 aromatic carbocycles. The quantitative estimate of drug-likeness (QED) is 0.580. The molecule has 0 amide bonds. The molecule has 192 valence electrons. The smallest absolute Gasteiger partial charge is 0.383 e. The standard InChI is InChI=1S/C24H22F5N3O3S/c1-12(24(27,28)29)30-11-32(31-9-8-17(33)22(34)21(31)23(30)35)20-13-6-7-16(25)19(26)15(13)10-36-18-5-3-2-4-14(18)20/h2-9,12,20-23,34-35H,10-11H2,1H3/t12-,20-,21?,22?,23?/m1/s1. The number of halogens is 5. The molecule has 2 aromatic rings. The average molecular weight is 528 g/mol. The molecule has 3 heterocycles. The summed E-state index contributed by atoms with van der Waals surface area (Å²) >= 11 is 1.27. The van der Waals surface area contributed by atoms with E-state index in [1.807, 2.05) is 0 Å². The number of hydrogen-bond donors (Lipinski definition) is 2. The highest BCUT2D eigenvalue weighted by molar-refractivity contribution is 7.98. The van der Waals surface area contributed by atoms with Crippen molar-refractivity contribution < 1.29 is 37.0 Å². The molecule has 0 saturated carbocycles. The van der Waals surface area contributed by atoms with Gasteiger partial charge in [0.1, 0.15) is 24.4 Å². The molecule has 0 aromatic heterocycles. The number of benzene rings is 2. The van der Waals surface area contributed by atoms with Gasteiger partial charge in [-0.25, -0.2) is 8.78 Å². The van der Waals surface area contributed by atoms with Gasteiger partial charge in [0.25, 0.3) is 0 Å². The van der Waals surface area contributed by atoms with E-state index in [9.17, 15) is 37.0 Å². The van der Waals surface area contributed by atoms with Gasteiger partial charge in [-0.3, -0.25) is 9.69 Å². The van der Waals surface area contributed by atoms with Crippen molar-refractivity contribution in [2.75, 3.05) is 6.67 Å². The highest BCUT2D eigenvalue weighted by Gasteiger charge is 2.54. The second kappa shape index (κ2) is 9.10. The summed E-state index contributed by atoms with van der Waals surface area (Å²) in [6, 6.07) is 4.88. The van der Waals surface area contributed by atoms with Crippen molar-refractivity contribution in [3.05, 3.63) is 77.0 Å². The molecule has 1 saturated heterocycles. The zero-order chi connectivity index (χ0) is 25.9. The number of aliphatic hydroxyl groups excluding tert-OH is 2. The number of carbonyl (C=O) groups is 1. The molecule has 2 N–H and O–H groups in total. The van der Waals surface area contributed by atoms with Crippen LogP contribution in [0.3, 0.4) is 0 Å². The SMILES string of the molecule is C[C@@H](N1CN([C@H]2c3ccccc3SCc3c2ccc(F)c3F)N2C=CC(=O)C(O)C2C1O)C(F)(F)F. The van der Waals surface area contributed by atoms with Crippen LogP contribution in [-0.4, -0.2) is 68.2 Å². The van der Waals surface area contributed by atoms with Crippen molar-refractivity contribution in [1.82, 2.24) is 14.9 Å². The van der Waals surface area contributed by atoms with E-state index in [1.54, 1.807) is 24.3 Å². The van der Waals surface area contributed by atoms with Crippen LogP contribution in [0, 0.1) is 11.6 Å². The van der Waals surface area contributed by atoms with E-state index in [0.717, 1.165) is 24.0 Å². The van der Waals surface area contributed by atoms with Crippen LogP contribution in [0.5, 0.6) is 0 Å². The number of ketones is 1. The van der Waals surface area contributed by atoms with Crippen LogP contribution in [0.1, 0.15) is 29.7 Å². The van der Waals surface area contributed by atoms with Crippen molar-refractivity contribution in [2.45, 2.75) is 54.2 Å². The molecule has 12 heteroatoms. The number of alkyl halides is 3. The first-order valence-electron chi connectivity index (χ1n) is 11.1. The molecule has 5 rings (SSSR count). The minimum Gasteiger partial charge on any atom is -0.383 e. The topological polar surface area (TPSA) is 67.2 Å². The number of fused-ring (bicyclic) bond motifs is 3. The highest BCUT2D eigenvalue weighted by Crippen LogP contribution is 2.46. The molecular weight excluding hydrogens is 505 g/mol. The highest BCUT2D eigenvalue weighted by atomic mass is 32.2. The van der Waals surface area contributed by atoms with Gasteiger partial charge in [-0.15, -0.1) is 11.8 Å². The molecule has 6 nitrogen and oxygen atoms in total. The molecule has 0 radical (unpaired) electrons. The zero-order valence-electron chi connectivity index (χ0n) is 18.9. The predicted molar refractivity (Wildman–Crippen MR) is 120 cm³/mol. The van der Waals surface area contributed by atoms with Gasteiger partial charge in [0, 0.05) is 28.5 Å². The average Bonchev–Trinajstić information content (AvgIpc) is 3.00. The lowest BCUT2D eigenvalue weighted by Crippen LogP contribution is -2.72. The van der Waals surface area contributed by atoms with E-state index in [4.69, 9.17) is 0 Å². The zero-order valence-corrected chi connectivity index (χ0v) is 19.7. The molecule has 1 fully saturated rings. The molecule has 0 aliphatic carbocycles. The molecule has 36 heavy (non-hydrogen) atoms. The van der Waals surface area contributed by atoms with Crippen LogP contribution < -0.4 is 0 Å². The Morgan fingerprint density at radius 2 is 1.81 bits per heavy atom. The summed E-state index contributed by atoms with van der Waals surface area (Å²) in [6.45, 7) is 0.398. The normalized spacial score (nSPS) is 27.8. The number of carbonyl (C=O) groups excluding carboxylic acids is 1. The number of thioether (sulfide) groups is 1. The maximum absolute atomic E-state index is 15.0. The lowest BCUT2D eigenvalue weighted by molar-refractivity contribution is -0.273. The van der Waals surface area contributed by atoms with E-state index >= 15 is 0 Å². The number of rotatable bonds is 2. The maximum atomic E-state index is 15.0. The first-order chi connectivity index (χ1) is 17.0. The lowest BCUT2D eigenvalue weighted by Gasteiger charge is -2.56. The molecule has 0 bridgehead atoms. The number of hydrazine groups is 1. The van der Waals surface area contributed by atoms with Gasteiger partial charge in [-0.1, -0.05) is 24.3 Å². The van der Waals surface area contributed by atoms with Crippen molar-refractivity contribution in [3.8, 4) is 0 Å². The minimum atomic E-state index is -4.72. The summed E-state index contributed by atoms with van der Waals surface area (Å²) in [6.07, 6.45) is -6.01. The first-order valence-corrected chi connectivity index (χ1v) is 12.1. The Labute approximate surface area is 207 Å². The third kappa shape index (κ3) is 4.01. The molecule has 3 aliphatic heterocycles. The van der Waals surface area contributed by atoms with E-state index in [0.29, 0.717) is 16.0 Å². The van der Waals surface area contributed by atoms with Crippen LogP contribution in [-0.2, 0) is 10.5 Å². The van der Waals surface area contributed by atoms with Crippen LogP contribution >= 0.6 is 11.8 Å². The van der Waals surface area contributed by atoms with Gasteiger partial charge in [-0.2, -0.15) is 18.2 Å². The third-order valence-electron chi connectivity index (χ3n) is 6.94. The van der Waals surface area contributed by atoms with Crippen molar-refractivity contribution in [1.29, 1.82) is 0 Å². The Hall–Kier alpha value is -2.51. The van der Waals surface area contributed by atoms with E-state index in [2.05, 4.69) is 0 Å². The summed E-state index contributed by atoms with van der Waals surface area (Å²) < 4.78 is 70.5. The number of nitrogens with zero attached hydrogens (tertiary/aromatic N) is 3. The number of hydrogen-bond acceptors (Lipinski definition) is 7. The Bertz CT molecular complexity index is 1230. The van der Waals surface area contributed by atoms with E-state index in [-0.39, 0.29) is 11.3 Å². The molecule has 3 aliphatic rings.